The molecule has 6 heteroatoms. The van der Waals surface area contributed by atoms with Gasteiger partial charge in [0.1, 0.15) is 0 Å². The molecule has 0 unspecified atom stereocenters. The number of rotatable bonds is 7. The molecule has 24 heavy (non-hydrogen) atoms. The summed E-state index contributed by atoms with van der Waals surface area (Å²) in [7, 11) is -2.26. The van der Waals surface area contributed by atoms with E-state index >= 15 is 0 Å². The fourth-order valence-corrected chi connectivity index (χ4v) is 3.53. The normalized spacial score (nSPS) is 11.1. The summed E-state index contributed by atoms with van der Waals surface area (Å²) < 4.78 is 26.7. The van der Waals surface area contributed by atoms with Crippen molar-refractivity contribution in [3.05, 3.63) is 60.2 Å². The van der Waals surface area contributed by atoms with Gasteiger partial charge in [0.15, 0.2) is 0 Å². The van der Waals surface area contributed by atoms with E-state index < -0.39 is 10.0 Å². The molecule has 2 aromatic rings. The Morgan fingerprint density at radius 3 is 2.33 bits per heavy atom. The van der Waals surface area contributed by atoms with Gasteiger partial charge >= 0.3 is 0 Å². The van der Waals surface area contributed by atoms with E-state index in [0.29, 0.717) is 17.8 Å². The predicted octanol–water partition coefficient (Wildman–Crippen LogP) is 3.04. The minimum Gasteiger partial charge on any atom is -0.352 e. The van der Waals surface area contributed by atoms with Crippen LogP contribution in [-0.4, -0.2) is 27.9 Å². The molecule has 128 valence electrons. The average molecular weight is 346 g/mol. The van der Waals surface area contributed by atoms with Crippen molar-refractivity contribution in [3.8, 4) is 0 Å². The van der Waals surface area contributed by atoms with Crippen LogP contribution < -0.4 is 9.62 Å². The molecule has 0 spiro atoms. The molecule has 1 N–H and O–H groups in total. The highest BCUT2D eigenvalue weighted by Crippen LogP contribution is 2.25. The van der Waals surface area contributed by atoms with Crippen LogP contribution in [0.3, 0.4) is 0 Å². The molecule has 0 saturated carbocycles. The van der Waals surface area contributed by atoms with Crippen LogP contribution in [0.5, 0.6) is 0 Å². The molecule has 0 heterocycles. The fourth-order valence-electron chi connectivity index (χ4n) is 2.29. The van der Waals surface area contributed by atoms with Gasteiger partial charge in [0, 0.05) is 13.6 Å². The topological polar surface area (TPSA) is 66.5 Å². The summed E-state index contributed by atoms with van der Waals surface area (Å²) in [5.74, 6) is -0.269. The van der Waals surface area contributed by atoms with Crippen LogP contribution in [0.1, 0.15) is 30.1 Å². The van der Waals surface area contributed by atoms with Crippen LogP contribution in [0.4, 0.5) is 5.69 Å². The maximum atomic E-state index is 12.8. The van der Waals surface area contributed by atoms with Crippen LogP contribution in [0, 0.1) is 0 Å². The minimum absolute atomic E-state index is 0.189. The third kappa shape index (κ3) is 3.94. The summed E-state index contributed by atoms with van der Waals surface area (Å²) in [6.45, 7) is 2.61. The van der Waals surface area contributed by atoms with E-state index in [1.165, 1.54) is 19.2 Å². The number of carbonyl (C=O) groups is 1. The molecule has 0 aromatic heterocycles. The zero-order valence-electron chi connectivity index (χ0n) is 13.9. The molecule has 0 aliphatic heterocycles. The molecule has 2 rings (SSSR count). The van der Waals surface area contributed by atoms with Crippen LogP contribution in [0.2, 0.25) is 0 Å². The number of nitrogens with one attached hydrogen (secondary N) is 1. The van der Waals surface area contributed by atoms with Gasteiger partial charge in [0.25, 0.3) is 15.9 Å². The van der Waals surface area contributed by atoms with Gasteiger partial charge in [-0.05, 0) is 30.7 Å². The first-order valence-corrected chi connectivity index (χ1v) is 9.33. The largest absolute Gasteiger partial charge is 0.352 e. The van der Waals surface area contributed by atoms with Crippen molar-refractivity contribution in [2.75, 3.05) is 17.9 Å². The number of sulfonamides is 1. The molecule has 0 fully saturated rings. The number of anilines is 1. The second-order valence-corrected chi connectivity index (χ2v) is 7.38. The van der Waals surface area contributed by atoms with E-state index in [4.69, 9.17) is 0 Å². The average Bonchev–Trinajstić information content (AvgIpc) is 2.62. The molecular formula is C18H22N2O3S. The Morgan fingerprint density at radius 2 is 1.67 bits per heavy atom. The molecule has 2 aromatic carbocycles. The van der Waals surface area contributed by atoms with E-state index in [2.05, 4.69) is 5.32 Å². The van der Waals surface area contributed by atoms with Gasteiger partial charge in [-0.3, -0.25) is 9.10 Å². The van der Waals surface area contributed by atoms with Gasteiger partial charge in [-0.15, -0.1) is 0 Å². The van der Waals surface area contributed by atoms with Crippen molar-refractivity contribution in [2.45, 2.75) is 24.7 Å². The molecule has 0 aliphatic rings. The zero-order chi connectivity index (χ0) is 17.6. The molecule has 1 amide bonds. The summed E-state index contributed by atoms with van der Waals surface area (Å²) in [5.41, 5.74) is 0.700. The van der Waals surface area contributed by atoms with Crippen LogP contribution >= 0.6 is 0 Å². The van der Waals surface area contributed by atoms with E-state index in [-0.39, 0.29) is 10.8 Å². The van der Waals surface area contributed by atoms with Crippen molar-refractivity contribution >= 4 is 21.6 Å². The number of hydrogen-bond acceptors (Lipinski definition) is 3. The highest BCUT2D eigenvalue weighted by molar-refractivity contribution is 7.92. The second kappa shape index (κ2) is 7.97. The number of unbranched alkanes of at least 4 members (excludes halogenated alkanes) is 1. The van der Waals surface area contributed by atoms with E-state index in [1.807, 2.05) is 6.92 Å². The maximum absolute atomic E-state index is 12.8. The first kappa shape index (κ1) is 18.0. The van der Waals surface area contributed by atoms with Gasteiger partial charge in [0.05, 0.1) is 16.1 Å². The smallest absolute Gasteiger partial charge is 0.264 e. The van der Waals surface area contributed by atoms with Gasteiger partial charge in [-0.1, -0.05) is 43.7 Å². The lowest BCUT2D eigenvalue weighted by atomic mass is 10.1. The molecule has 0 bridgehead atoms. The van der Waals surface area contributed by atoms with E-state index in [9.17, 15) is 13.2 Å². The summed E-state index contributed by atoms with van der Waals surface area (Å²) in [4.78, 5) is 12.6. The zero-order valence-corrected chi connectivity index (χ0v) is 14.7. The van der Waals surface area contributed by atoms with Crippen LogP contribution in [0.25, 0.3) is 0 Å². The number of para-hydroxylation sites is 1. The van der Waals surface area contributed by atoms with Crippen molar-refractivity contribution in [1.29, 1.82) is 0 Å². The SMILES string of the molecule is CCCCNC(=O)c1ccccc1N(C)S(=O)(=O)c1ccccc1. The Morgan fingerprint density at radius 1 is 1.04 bits per heavy atom. The number of benzene rings is 2. The Bertz CT molecular complexity index is 789. The van der Waals surface area contributed by atoms with E-state index in [0.717, 1.165) is 17.1 Å². The minimum atomic E-state index is -3.72. The van der Waals surface area contributed by atoms with Crippen molar-refractivity contribution in [1.82, 2.24) is 5.32 Å². The lowest BCUT2D eigenvalue weighted by Gasteiger charge is -2.22. The summed E-state index contributed by atoms with van der Waals surface area (Å²) in [6, 6.07) is 14.9. The molecule has 0 atom stereocenters. The number of amides is 1. The highest BCUT2D eigenvalue weighted by Gasteiger charge is 2.24. The summed E-state index contributed by atoms with van der Waals surface area (Å²) in [6.07, 6.45) is 1.86. The van der Waals surface area contributed by atoms with Crippen molar-refractivity contribution in [2.24, 2.45) is 0 Å². The molecule has 0 aliphatic carbocycles. The Labute approximate surface area is 143 Å². The van der Waals surface area contributed by atoms with Crippen molar-refractivity contribution in [3.63, 3.8) is 0 Å². The standard InChI is InChI=1S/C18H22N2O3S/c1-3-4-14-19-18(21)16-12-8-9-13-17(16)20(2)24(22,23)15-10-6-5-7-11-15/h5-13H,3-4,14H2,1-2H3,(H,19,21). The first-order chi connectivity index (χ1) is 11.5. The quantitative estimate of drug-likeness (QED) is 0.784. The summed E-state index contributed by atoms with van der Waals surface area (Å²) >= 11 is 0. The summed E-state index contributed by atoms with van der Waals surface area (Å²) in [5, 5.41) is 2.83. The van der Waals surface area contributed by atoms with Gasteiger partial charge < -0.3 is 5.32 Å². The van der Waals surface area contributed by atoms with Crippen LogP contribution in [0.15, 0.2) is 59.5 Å². The lowest BCUT2D eigenvalue weighted by Crippen LogP contribution is -2.31. The first-order valence-electron chi connectivity index (χ1n) is 7.89. The second-order valence-electron chi connectivity index (χ2n) is 5.41. The third-order valence-electron chi connectivity index (χ3n) is 3.71. The molecular weight excluding hydrogens is 324 g/mol. The van der Waals surface area contributed by atoms with Gasteiger partial charge in [-0.25, -0.2) is 8.42 Å². The molecule has 5 nitrogen and oxygen atoms in total. The van der Waals surface area contributed by atoms with Crippen molar-refractivity contribution < 1.29 is 13.2 Å². The monoisotopic (exact) mass is 346 g/mol. The Hall–Kier alpha value is -2.34. The third-order valence-corrected chi connectivity index (χ3v) is 5.49. The van der Waals surface area contributed by atoms with Crippen LogP contribution in [-0.2, 0) is 10.0 Å². The van der Waals surface area contributed by atoms with Gasteiger partial charge in [0.2, 0.25) is 0 Å². The maximum Gasteiger partial charge on any atom is 0.264 e. The number of hydrogen-bond donors (Lipinski definition) is 1. The fraction of sp³-hybridized carbons (Fsp3) is 0.278. The lowest BCUT2D eigenvalue weighted by molar-refractivity contribution is 0.0954. The van der Waals surface area contributed by atoms with Gasteiger partial charge in [-0.2, -0.15) is 0 Å². The molecule has 0 saturated heterocycles. The Kier molecular flexibility index (Phi) is 5.98. The molecule has 0 radical (unpaired) electrons. The van der Waals surface area contributed by atoms with E-state index in [1.54, 1.807) is 42.5 Å². The number of carbonyl (C=O) groups excluding carboxylic acids is 1. The number of nitrogens with zero attached hydrogens (tertiary/aromatic N) is 1. The Balaban J connectivity index is 2.33. The predicted molar refractivity (Wildman–Crippen MR) is 95.7 cm³/mol. The highest BCUT2D eigenvalue weighted by atomic mass is 32.2.